The summed E-state index contributed by atoms with van der Waals surface area (Å²) < 4.78 is 2.15. The molecule has 4 bridgehead atoms. The molecule has 0 aliphatic heterocycles. The first-order valence-corrected chi connectivity index (χ1v) is 8.39. The van der Waals surface area contributed by atoms with Crippen LogP contribution in [0.1, 0.15) is 50.2 Å². The minimum Gasteiger partial charge on any atom is -0.266 e. The predicted octanol–water partition coefficient (Wildman–Crippen LogP) is 3.55. The maximum absolute atomic E-state index is 6.06. The van der Waals surface area contributed by atoms with Crippen LogP contribution >= 0.6 is 11.6 Å². The Morgan fingerprint density at radius 1 is 1.10 bits per heavy atom. The fourth-order valence-electron chi connectivity index (χ4n) is 5.78. The van der Waals surface area contributed by atoms with Crippen molar-refractivity contribution in [3.05, 3.63) is 22.9 Å². The lowest BCUT2D eigenvalue weighted by atomic mass is 9.49. The highest BCUT2D eigenvalue weighted by Gasteiger charge is 2.53. The van der Waals surface area contributed by atoms with Crippen LogP contribution in [0.5, 0.6) is 0 Å². The Balaban J connectivity index is 1.71. The highest BCUT2D eigenvalue weighted by Crippen LogP contribution is 2.60. The number of hydrogen-bond acceptors (Lipinski definition) is 3. The van der Waals surface area contributed by atoms with E-state index in [4.69, 9.17) is 11.6 Å². The molecule has 2 heterocycles. The Kier molecular flexibility index (Phi) is 2.35. The number of hydrogen-bond donors (Lipinski definition) is 0. The molecule has 0 spiro atoms. The molecule has 0 aromatic carbocycles. The molecular weight excluding hydrogens is 284 g/mol. The molecule has 6 rings (SSSR count). The molecule has 0 radical (unpaired) electrons. The van der Waals surface area contributed by atoms with Gasteiger partial charge in [0.15, 0.2) is 5.65 Å². The van der Waals surface area contributed by atoms with Crippen molar-refractivity contribution in [1.29, 1.82) is 0 Å². The van der Waals surface area contributed by atoms with Crippen molar-refractivity contribution in [2.45, 2.75) is 50.9 Å². The lowest BCUT2D eigenvalue weighted by molar-refractivity contribution is -0.00995. The summed E-state index contributed by atoms with van der Waals surface area (Å²) in [5, 5.41) is 9.49. The van der Waals surface area contributed by atoms with Gasteiger partial charge in [0.2, 0.25) is 0 Å². The van der Waals surface area contributed by atoms with E-state index < -0.39 is 0 Å². The fraction of sp³-hybridized carbons (Fsp3) is 0.688. The SMILES string of the molecule is Cc1nc(Cl)cc2nnc(C34CC5CC(CC(C5)C3)C4)n12. The van der Waals surface area contributed by atoms with Gasteiger partial charge in [-0.25, -0.2) is 4.98 Å². The third-order valence-electron chi connectivity index (χ3n) is 6.04. The minimum atomic E-state index is 0.244. The van der Waals surface area contributed by atoms with Crippen LogP contribution in [-0.4, -0.2) is 19.6 Å². The molecule has 0 amide bonds. The zero-order chi connectivity index (χ0) is 14.2. The average Bonchev–Trinajstić information content (AvgIpc) is 2.81. The average molecular weight is 303 g/mol. The summed E-state index contributed by atoms with van der Waals surface area (Å²) in [6, 6.07) is 1.82. The molecule has 4 aliphatic rings. The summed E-state index contributed by atoms with van der Waals surface area (Å²) in [7, 11) is 0. The van der Waals surface area contributed by atoms with Crippen molar-refractivity contribution in [3.8, 4) is 0 Å². The van der Waals surface area contributed by atoms with Gasteiger partial charge in [-0.05, 0) is 63.2 Å². The van der Waals surface area contributed by atoms with Crippen molar-refractivity contribution in [2.75, 3.05) is 0 Å². The van der Waals surface area contributed by atoms with Crippen molar-refractivity contribution >= 4 is 17.2 Å². The molecule has 2 aromatic rings. The van der Waals surface area contributed by atoms with Crippen LogP contribution in [0.15, 0.2) is 6.07 Å². The fourth-order valence-corrected chi connectivity index (χ4v) is 6.00. The molecule has 5 heteroatoms. The number of rotatable bonds is 1. The topological polar surface area (TPSA) is 43.1 Å². The molecule has 0 saturated heterocycles. The smallest absolute Gasteiger partial charge is 0.165 e. The predicted molar refractivity (Wildman–Crippen MR) is 80.4 cm³/mol. The zero-order valence-electron chi connectivity index (χ0n) is 12.2. The molecule has 0 N–H and O–H groups in total. The molecule has 4 nitrogen and oxygen atoms in total. The van der Waals surface area contributed by atoms with Crippen LogP contribution in [-0.2, 0) is 5.41 Å². The van der Waals surface area contributed by atoms with E-state index in [1.807, 2.05) is 13.0 Å². The summed E-state index contributed by atoms with van der Waals surface area (Å²) in [6.45, 7) is 2.01. The normalized spacial score (nSPS) is 37.5. The first-order valence-electron chi connectivity index (χ1n) is 8.02. The Bertz CT molecular complexity index is 700. The van der Waals surface area contributed by atoms with Gasteiger partial charge in [0.1, 0.15) is 16.8 Å². The van der Waals surface area contributed by atoms with Gasteiger partial charge in [0.05, 0.1) is 0 Å². The Labute approximate surface area is 128 Å². The second-order valence-electron chi connectivity index (χ2n) is 7.54. The summed E-state index contributed by atoms with van der Waals surface area (Å²) >= 11 is 6.06. The van der Waals surface area contributed by atoms with Crippen LogP contribution < -0.4 is 0 Å². The minimum absolute atomic E-state index is 0.244. The second kappa shape index (κ2) is 3.97. The van der Waals surface area contributed by atoms with E-state index >= 15 is 0 Å². The zero-order valence-corrected chi connectivity index (χ0v) is 13.0. The van der Waals surface area contributed by atoms with E-state index in [-0.39, 0.29) is 5.41 Å². The van der Waals surface area contributed by atoms with E-state index in [0.29, 0.717) is 5.15 Å². The maximum atomic E-state index is 6.06. The molecular formula is C16H19ClN4. The van der Waals surface area contributed by atoms with Crippen molar-refractivity contribution in [3.63, 3.8) is 0 Å². The number of fused-ring (bicyclic) bond motifs is 1. The third kappa shape index (κ3) is 1.65. The Morgan fingerprint density at radius 3 is 2.33 bits per heavy atom. The summed E-state index contributed by atoms with van der Waals surface area (Å²) in [5.41, 5.74) is 1.09. The van der Waals surface area contributed by atoms with Crippen molar-refractivity contribution in [2.24, 2.45) is 17.8 Å². The molecule has 4 fully saturated rings. The second-order valence-corrected chi connectivity index (χ2v) is 7.93. The number of aromatic nitrogens is 4. The monoisotopic (exact) mass is 302 g/mol. The van der Waals surface area contributed by atoms with Crippen LogP contribution in [0.4, 0.5) is 0 Å². The molecule has 0 unspecified atom stereocenters. The van der Waals surface area contributed by atoms with Gasteiger partial charge in [-0.15, -0.1) is 10.2 Å². The lowest BCUT2D eigenvalue weighted by Crippen LogP contribution is -2.49. The highest BCUT2D eigenvalue weighted by molar-refractivity contribution is 6.29. The van der Waals surface area contributed by atoms with E-state index in [2.05, 4.69) is 19.6 Å². The molecule has 21 heavy (non-hydrogen) atoms. The molecule has 0 atom stereocenters. The molecule has 110 valence electrons. The quantitative estimate of drug-likeness (QED) is 0.757. The van der Waals surface area contributed by atoms with Gasteiger partial charge >= 0.3 is 0 Å². The highest BCUT2D eigenvalue weighted by atomic mass is 35.5. The van der Waals surface area contributed by atoms with Gasteiger partial charge < -0.3 is 0 Å². The Morgan fingerprint density at radius 2 is 1.71 bits per heavy atom. The van der Waals surface area contributed by atoms with E-state index in [0.717, 1.165) is 35.0 Å². The first kappa shape index (κ1) is 12.4. The van der Waals surface area contributed by atoms with Gasteiger partial charge in [0, 0.05) is 11.5 Å². The standard InChI is InChI=1S/C16H19ClN4/c1-9-18-13(17)5-14-19-20-15(21(9)14)16-6-10-2-11(7-16)4-12(3-10)8-16/h5,10-12H,2-4,6-8H2,1H3. The van der Waals surface area contributed by atoms with Crippen LogP contribution in [0.25, 0.3) is 5.65 Å². The van der Waals surface area contributed by atoms with Crippen molar-refractivity contribution < 1.29 is 0 Å². The summed E-state index contributed by atoms with van der Waals surface area (Å²) in [6.07, 6.45) is 8.21. The van der Waals surface area contributed by atoms with Crippen molar-refractivity contribution in [1.82, 2.24) is 19.6 Å². The van der Waals surface area contributed by atoms with Gasteiger partial charge in [-0.1, -0.05) is 11.6 Å². The Hall–Kier alpha value is -1.16. The molecule has 2 aromatic heterocycles. The summed E-state index contributed by atoms with van der Waals surface area (Å²) in [4.78, 5) is 4.41. The first-order chi connectivity index (χ1) is 10.1. The van der Waals surface area contributed by atoms with Gasteiger partial charge in [-0.3, -0.25) is 4.40 Å². The summed E-state index contributed by atoms with van der Waals surface area (Å²) in [5.74, 6) is 4.78. The maximum Gasteiger partial charge on any atom is 0.165 e. The van der Waals surface area contributed by atoms with E-state index in [9.17, 15) is 0 Å². The van der Waals surface area contributed by atoms with Gasteiger partial charge in [-0.2, -0.15) is 0 Å². The van der Waals surface area contributed by atoms with Gasteiger partial charge in [0.25, 0.3) is 0 Å². The largest absolute Gasteiger partial charge is 0.266 e. The van der Waals surface area contributed by atoms with E-state index in [1.54, 1.807) is 0 Å². The lowest BCUT2D eigenvalue weighted by Gasteiger charge is -2.55. The van der Waals surface area contributed by atoms with E-state index in [1.165, 1.54) is 38.5 Å². The van der Waals surface area contributed by atoms with Crippen LogP contribution in [0.3, 0.4) is 0 Å². The molecule has 4 aliphatic carbocycles. The number of halogens is 1. The number of aryl methyl sites for hydroxylation is 1. The molecule has 4 saturated carbocycles. The number of nitrogens with zero attached hydrogens (tertiary/aromatic N) is 4. The van der Waals surface area contributed by atoms with Crippen LogP contribution in [0.2, 0.25) is 5.15 Å². The van der Waals surface area contributed by atoms with Crippen LogP contribution in [0, 0.1) is 24.7 Å². The third-order valence-corrected chi connectivity index (χ3v) is 6.23.